The van der Waals surface area contributed by atoms with E-state index in [1.807, 2.05) is 6.07 Å². The average Bonchev–Trinajstić information content (AvgIpc) is 3.24. The van der Waals surface area contributed by atoms with Gasteiger partial charge in [0.2, 0.25) is 0 Å². The molecule has 2 aliphatic heterocycles. The van der Waals surface area contributed by atoms with Crippen molar-refractivity contribution in [3.05, 3.63) is 41.2 Å². The second-order valence-electron chi connectivity index (χ2n) is 5.73. The number of sulfone groups is 1. The number of thiocarbonyl (C=S) groups is 2. The van der Waals surface area contributed by atoms with E-state index in [1.54, 1.807) is 30.6 Å². The van der Waals surface area contributed by atoms with Gasteiger partial charge in [0.1, 0.15) is 10.1 Å². The van der Waals surface area contributed by atoms with Crippen molar-refractivity contribution in [2.24, 2.45) is 5.92 Å². The molecular formula is C16H15NO4S4. The van der Waals surface area contributed by atoms with Crippen LogP contribution in [0.4, 0.5) is 0 Å². The van der Waals surface area contributed by atoms with Crippen molar-refractivity contribution in [2.45, 2.75) is 6.42 Å². The Kier molecular flexibility index (Phi) is 5.57. The second kappa shape index (κ2) is 7.53. The largest absolute Gasteiger partial charge is 0.465 e. The van der Waals surface area contributed by atoms with Gasteiger partial charge in [0.15, 0.2) is 9.84 Å². The van der Waals surface area contributed by atoms with Crippen molar-refractivity contribution < 1.29 is 17.6 Å². The van der Waals surface area contributed by atoms with Crippen LogP contribution in [0.25, 0.3) is 6.08 Å². The van der Waals surface area contributed by atoms with Crippen LogP contribution in [0.2, 0.25) is 0 Å². The van der Waals surface area contributed by atoms with Crippen LogP contribution >= 0.6 is 36.2 Å². The zero-order chi connectivity index (χ0) is 18.0. The molecule has 132 valence electrons. The maximum absolute atomic E-state index is 12.5. The third-order valence-electron chi connectivity index (χ3n) is 3.93. The van der Waals surface area contributed by atoms with Gasteiger partial charge < -0.3 is 4.42 Å². The van der Waals surface area contributed by atoms with Gasteiger partial charge in [-0.3, -0.25) is 9.69 Å². The van der Waals surface area contributed by atoms with Crippen LogP contribution in [-0.4, -0.2) is 46.5 Å². The van der Waals surface area contributed by atoms with E-state index in [-0.39, 0.29) is 29.9 Å². The molecule has 2 aliphatic rings. The fourth-order valence-corrected chi connectivity index (χ4v) is 6.03. The van der Waals surface area contributed by atoms with Crippen LogP contribution in [0, 0.1) is 5.92 Å². The number of furan rings is 1. The van der Waals surface area contributed by atoms with E-state index in [2.05, 4.69) is 0 Å². The molecule has 1 aromatic rings. The Morgan fingerprint density at radius 3 is 2.92 bits per heavy atom. The van der Waals surface area contributed by atoms with Crippen molar-refractivity contribution in [3.8, 4) is 0 Å². The van der Waals surface area contributed by atoms with Gasteiger partial charge in [0, 0.05) is 10.8 Å². The molecule has 0 spiro atoms. The molecule has 1 unspecified atom stereocenters. The van der Waals surface area contributed by atoms with Crippen molar-refractivity contribution >= 4 is 67.2 Å². The number of rotatable bonds is 5. The van der Waals surface area contributed by atoms with E-state index in [0.717, 1.165) is 0 Å². The first kappa shape index (κ1) is 18.5. The molecule has 2 fully saturated rings. The van der Waals surface area contributed by atoms with Crippen LogP contribution in [0.15, 0.2) is 39.9 Å². The normalized spacial score (nSPS) is 24.7. The molecule has 0 aliphatic carbocycles. The Bertz CT molecular complexity index is 868. The third kappa shape index (κ3) is 4.46. The molecule has 0 radical (unpaired) electrons. The van der Waals surface area contributed by atoms with Crippen LogP contribution in [0.5, 0.6) is 0 Å². The van der Waals surface area contributed by atoms with Crippen LogP contribution < -0.4 is 0 Å². The second-order valence-corrected chi connectivity index (χ2v) is 10.2. The van der Waals surface area contributed by atoms with Gasteiger partial charge in [-0.25, -0.2) is 8.42 Å². The number of allylic oxidation sites excluding steroid dienone is 2. The highest BCUT2D eigenvalue weighted by Gasteiger charge is 2.36. The highest BCUT2D eigenvalue weighted by atomic mass is 32.2. The Hall–Kier alpha value is -1.29. The predicted molar refractivity (Wildman–Crippen MR) is 107 cm³/mol. The highest BCUT2D eigenvalue weighted by molar-refractivity contribution is 8.26. The lowest BCUT2D eigenvalue weighted by Gasteiger charge is -2.18. The Balaban J connectivity index is 1.64. The third-order valence-corrected chi connectivity index (χ3v) is 7.55. The summed E-state index contributed by atoms with van der Waals surface area (Å²) in [6.45, 7) is 0.194. The van der Waals surface area contributed by atoms with E-state index < -0.39 is 9.84 Å². The summed E-state index contributed by atoms with van der Waals surface area (Å²) < 4.78 is 28.8. The van der Waals surface area contributed by atoms with Crippen molar-refractivity contribution in [1.82, 2.24) is 4.90 Å². The summed E-state index contributed by atoms with van der Waals surface area (Å²) in [6, 6.07) is 3.59. The number of thioether (sulfide) groups is 1. The maximum Gasteiger partial charge on any atom is 0.266 e. The molecule has 9 heteroatoms. The standard InChI is InChI=1S/C16H15NO4S4/c18-15-14(5-1-3-12-4-2-7-21-12)24-16(23)17(15)9-13(22)11-6-8-25(19,20)10-11/h1-5,7,11H,6,8-10H2/b3-1+,14-5-. The molecular weight excluding hydrogens is 398 g/mol. The SMILES string of the molecule is O=C1/C(=C/C=C/c2ccco2)SC(=S)N1CC(=S)C1CCS(=O)(=O)C1. The fraction of sp³-hybridized carbons (Fsp3) is 0.312. The molecule has 0 saturated carbocycles. The minimum atomic E-state index is -3.00. The van der Waals surface area contributed by atoms with E-state index in [4.69, 9.17) is 28.9 Å². The number of hydrogen-bond donors (Lipinski definition) is 0. The molecule has 0 aromatic carbocycles. The molecule has 25 heavy (non-hydrogen) atoms. The van der Waals surface area contributed by atoms with Crippen LogP contribution in [-0.2, 0) is 14.6 Å². The first-order valence-electron chi connectivity index (χ1n) is 7.54. The highest BCUT2D eigenvalue weighted by Crippen LogP contribution is 2.32. The summed E-state index contributed by atoms with van der Waals surface area (Å²) in [5.74, 6) is 0.542. The fourth-order valence-electron chi connectivity index (χ4n) is 2.60. The quantitative estimate of drug-likeness (QED) is 0.543. The number of amides is 1. The zero-order valence-electron chi connectivity index (χ0n) is 13.1. The minimum absolute atomic E-state index is 0.0718. The number of hydrogen-bond acceptors (Lipinski definition) is 7. The lowest BCUT2D eigenvalue weighted by molar-refractivity contribution is -0.121. The van der Waals surface area contributed by atoms with E-state index in [1.165, 1.54) is 16.7 Å². The first-order valence-corrected chi connectivity index (χ1v) is 11.0. The van der Waals surface area contributed by atoms with E-state index >= 15 is 0 Å². The van der Waals surface area contributed by atoms with Crippen molar-refractivity contribution in [2.75, 3.05) is 18.1 Å². The lowest BCUT2D eigenvalue weighted by atomic mass is 10.0. The molecule has 0 bridgehead atoms. The zero-order valence-corrected chi connectivity index (χ0v) is 16.3. The maximum atomic E-state index is 12.5. The summed E-state index contributed by atoms with van der Waals surface area (Å²) in [6.07, 6.45) is 7.26. The molecule has 1 aromatic heterocycles. The van der Waals surface area contributed by atoms with E-state index in [9.17, 15) is 13.2 Å². The van der Waals surface area contributed by atoms with Gasteiger partial charge in [0.05, 0.1) is 29.2 Å². The molecule has 3 heterocycles. The summed E-state index contributed by atoms with van der Waals surface area (Å²) in [5, 5.41) is 0. The summed E-state index contributed by atoms with van der Waals surface area (Å²) >= 11 is 11.8. The number of carbonyl (C=O) groups excluding carboxylic acids is 1. The molecule has 0 N–H and O–H groups in total. The number of nitrogens with zero attached hydrogens (tertiary/aromatic N) is 1. The summed E-state index contributed by atoms with van der Waals surface area (Å²) in [5.41, 5.74) is 0. The minimum Gasteiger partial charge on any atom is -0.465 e. The van der Waals surface area contributed by atoms with Gasteiger partial charge >= 0.3 is 0 Å². The van der Waals surface area contributed by atoms with Gasteiger partial charge in [0.25, 0.3) is 5.91 Å². The first-order chi connectivity index (χ1) is 11.9. The van der Waals surface area contributed by atoms with Gasteiger partial charge in [-0.1, -0.05) is 42.3 Å². The summed E-state index contributed by atoms with van der Waals surface area (Å²) in [7, 11) is -3.00. The smallest absolute Gasteiger partial charge is 0.266 e. The van der Waals surface area contributed by atoms with Gasteiger partial charge in [-0.05, 0) is 30.7 Å². The van der Waals surface area contributed by atoms with Gasteiger partial charge in [-0.2, -0.15) is 0 Å². The molecule has 5 nitrogen and oxygen atoms in total. The van der Waals surface area contributed by atoms with Gasteiger partial charge in [-0.15, -0.1) is 0 Å². The van der Waals surface area contributed by atoms with Crippen LogP contribution in [0.3, 0.4) is 0 Å². The molecule has 3 rings (SSSR count). The predicted octanol–water partition coefficient (Wildman–Crippen LogP) is 2.84. The van der Waals surface area contributed by atoms with Crippen molar-refractivity contribution in [1.29, 1.82) is 0 Å². The molecule has 2 saturated heterocycles. The Morgan fingerprint density at radius 1 is 1.48 bits per heavy atom. The Morgan fingerprint density at radius 2 is 2.28 bits per heavy atom. The summed E-state index contributed by atoms with van der Waals surface area (Å²) in [4.78, 5) is 15.0. The topological polar surface area (TPSA) is 67.6 Å². The molecule has 1 atom stereocenters. The Labute approximate surface area is 161 Å². The molecule has 1 amide bonds. The number of carbonyl (C=O) groups is 1. The monoisotopic (exact) mass is 413 g/mol. The van der Waals surface area contributed by atoms with E-state index in [0.29, 0.717) is 26.3 Å². The van der Waals surface area contributed by atoms with Crippen LogP contribution in [0.1, 0.15) is 12.2 Å². The van der Waals surface area contributed by atoms with Crippen molar-refractivity contribution in [3.63, 3.8) is 0 Å². The average molecular weight is 414 g/mol. The lowest BCUT2D eigenvalue weighted by Crippen LogP contribution is -2.35.